The van der Waals surface area contributed by atoms with Crippen molar-refractivity contribution in [3.63, 3.8) is 0 Å². The molecular formula is C8HF8IO2. The van der Waals surface area contributed by atoms with E-state index in [0.717, 1.165) is 0 Å². The molecule has 0 N–H and O–H groups in total. The topological polar surface area (TPSA) is 26.3 Å². The molecule has 1 rings (SSSR count). The van der Waals surface area contributed by atoms with Crippen LogP contribution in [0.1, 0.15) is 0 Å². The van der Waals surface area contributed by atoms with Crippen molar-refractivity contribution in [1.82, 2.24) is 0 Å². The Balaban J connectivity index is 3.23. The maximum absolute atomic E-state index is 13.8. The van der Waals surface area contributed by atoms with Crippen LogP contribution in [0.2, 0.25) is 0 Å². The summed E-state index contributed by atoms with van der Waals surface area (Å²) in [5.41, 5.74) is 0. The molecule has 2 atom stereocenters. The van der Waals surface area contributed by atoms with Crippen molar-refractivity contribution < 1.29 is 44.7 Å². The molecule has 0 spiro atoms. The van der Waals surface area contributed by atoms with Gasteiger partial charge in [0.25, 0.3) is 0 Å². The Bertz CT molecular complexity index is 482. The van der Waals surface area contributed by atoms with Gasteiger partial charge in [0.15, 0.2) is 17.5 Å². The van der Waals surface area contributed by atoms with Gasteiger partial charge in [-0.05, 0) is 22.6 Å². The van der Waals surface area contributed by atoms with Gasteiger partial charge in [-0.25, -0.2) is 22.4 Å². The number of halogens is 9. The Morgan fingerprint density at radius 1 is 1.21 bits per heavy atom. The summed E-state index contributed by atoms with van der Waals surface area (Å²) < 4.78 is 102. The Kier molecular flexibility index (Phi) is 4.17. The van der Waals surface area contributed by atoms with E-state index in [1.165, 1.54) is 0 Å². The maximum atomic E-state index is 13.8. The minimum Gasteiger partial charge on any atom is -0.413 e. The minimum atomic E-state index is -5.72. The lowest BCUT2D eigenvalue weighted by atomic mass is 10.0. The number of alkyl halides is 5. The minimum absolute atomic E-state index is 0.568. The van der Waals surface area contributed by atoms with Crippen LogP contribution in [-0.2, 0) is 9.53 Å². The van der Waals surface area contributed by atoms with Crippen LogP contribution in [-0.4, -0.2) is 24.2 Å². The summed E-state index contributed by atoms with van der Waals surface area (Å²) in [5.74, 6) is -15.0. The zero-order valence-corrected chi connectivity index (χ0v) is 10.5. The third kappa shape index (κ3) is 2.69. The summed E-state index contributed by atoms with van der Waals surface area (Å²) in [6.45, 7) is 0. The van der Waals surface area contributed by atoms with E-state index in [1.54, 1.807) is 0 Å². The van der Waals surface area contributed by atoms with Crippen molar-refractivity contribution >= 4 is 28.6 Å². The molecular weight excluding hydrogens is 407 g/mol. The maximum Gasteiger partial charge on any atom is 0.491 e. The number of carbonyl (C=O) groups excluding carboxylic acids is 1. The van der Waals surface area contributed by atoms with Crippen LogP contribution in [0.5, 0.6) is 0 Å². The quantitative estimate of drug-likeness (QED) is 0.374. The highest BCUT2D eigenvalue weighted by atomic mass is 127. The van der Waals surface area contributed by atoms with Gasteiger partial charge < -0.3 is 4.74 Å². The number of hydrogen-bond donors (Lipinski definition) is 0. The second-order valence-electron chi connectivity index (χ2n) is 3.18. The third-order valence-corrected chi connectivity index (χ3v) is 3.12. The molecule has 1 aliphatic rings. The highest BCUT2D eigenvalue weighted by Gasteiger charge is 2.58. The van der Waals surface area contributed by atoms with Gasteiger partial charge in [-0.2, -0.15) is 17.6 Å². The molecule has 19 heavy (non-hydrogen) atoms. The van der Waals surface area contributed by atoms with Crippen LogP contribution in [0.15, 0.2) is 21.1 Å². The molecule has 0 bridgehead atoms. The first-order valence-electron chi connectivity index (χ1n) is 4.17. The SMILES string of the molecule is O=C(OC1(F)C(I)=C(F)C(F)=C(F)C1F)C(F)(F)F. The van der Waals surface area contributed by atoms with Crippen molar-refractivity contribution in [1.29, 1.82) is 0 Å². The van der Waals surface area contributed by atoms with E-state index >= 15 is 0 Å². The van der Waals surface area contributed by atoms with Crippen molar-refractivity contribution in [3.8, 4) is 0 Å². The van der Waals surface area contributed by atoms with Crippen molar-refractivity contribution in [2.75, 3.05) is 0 Å². The Hall–Kier alpha value is -0.880. The summed E-state index contributed by atoms with van der Waals surface area (Å²) in [7, 11) is 0. The molecule has 0 aromatic heterocycles. The molecule has 0 saturated heterocycles. The van der Waals surface area contributed by atoms with Crippen LogP contribution in [0, 0.1) is 0 Å². The molecule has 0 amide bonds. The molecule has 1 aliphatic carbocycles. The number of carbonyl (C=O) groups is 1. The third-order valence-electron chi connectivity index (χ3n) is 1.92. The second-order valence-corrected chi connectivity index (χ2v) is 4.26. The van der Waals surface area contributed by atoms with Crippen LogP contribution < -0.4 is 0 Å². The molecule has 2 unspecified atom stereocenters. The number of hydrogen-bond acceptors (Lipinski definition) is 2. The van der Waals surface area contributed by atoms with Crippen LogP contribution >= 0.6 is 22.6 Å². The standard InChI is InChI=1S/C8HF8IO2/c9-1-2(10)4(12)7(13,5(17)3(1)11)19-6(18)8(14,15)16/h4H. The molecule has 0 fully saturated rings. The van der Waals surface area contributed by atoms with Gasteiger partial charge in [0.05, 0.1) is 0 Å². The normalized spacial score (nSPS) is 28.8. The number of allylic oxidation sites excluding steroid dienone is 2. The fourth-order valence-electron chi connectivity index (χ4n) is 1.03. The first-order valence-corrected chi connectivity index (χ1v) is 5.25. The fourth-order valence-corrected chi connectivity index (χ4v) is 1.65. The number of esters is 1. The molecule has 0 heterocycles. The Morgan fingerprint density at radius 2 is 1.68 bits per heavy atom. The summed E-state index contributed by atoms with van der Waals surface area (Å²) >= 11 is 0.568. The van der Waals surface area contributed by atoms with Gasteiger partial charge in [-0.15, -0.1) is 0 Å². The van der Waals surface area contributed by atoms with E-state index in [1.807, 2.05) is 0 Å². The molecule has 0 aromatic rings. The van der Waals surface area contributed by atoms with Crippen LogP contribution in [0.3, 0.4) is 0 Å². The van der Waals surface area contributed by atoms with E-state index in [2.05, 4.69) is 4.74 Å². The zero-order chi connectivity index (χ0) is 15.2. The fraction of sp³-hybridized carbons (Fsp3) is 0.375. The van der Waals surface area contributed by atoms with E-state index in [0.29, 0.717) is 22.6 Å². The predicted molar refractivity (Wildman–Crippen MR) is 52.3 cm³/mol. The van der Waals surface area contributed by atoms with Crippen molar-refractivity contribution in [2.24, 2.45) is 0 Å². The second kappa shape index (κ2) is 4.90. The average Bonchev–Trinajstić information content (AvgIpc) is 2.31. The Morgan fingerprint density at radius 3 is 2.11 bits per heavy atom. The number of rotatable bonds is 1. The van der Waals surface area contributed by atoms with Gasteiger partial charge in [0, 0.05) is 0 Å². The highest BCUT2D eigenvalue weighted by Crippen LogP contribution is 2.47. The van der Waals surface area contributed by atoms with E-state index < -0.39 is 45.2 Å². The molecule has 108 valence electrons. The van der Waals surface area contributed by atoms with E-state index in [-0.39, 0.29) is 0 Å². The first kappa shape index (κ1) is 16.2. The highest BCUT2D eigenvalue weighted by molar-refractivity contribution is 14.1. The monoisotopic (exact) mass is 408 g/mol. The lowest BCUT2D eigenvalue weighted by Gasteiger charge is -2.30. The average molecular weight is 408 g/mol. The van der Waals surface area contributed by atoms with E-state index in [9.17, 15) is 39.9 Å². The molecule has 0 aliphatic heterocycles. The summed E-state index contributed by atoms with van der Waals surface area (Å²) in [6, 6.07) is 0. The predicted octanol–water partition coefficient (Wildman–Crippen LogP) is 3.88. The van der Waals surface area contributed by atoms with E-state index in [4.69, 9.17) is 0 Å². The lowest BCUT2D eigenvalue weighted by Crippen LogP contribution is -2.46. The zero-order valence-electron chi connectivity index (χ0n) is 8.30. The molecule has 0 radical (unpaired) electrons. The lowest BCUT2D eigenvalue weighted by molar-refractivity contribution is -0.230. The van der Waals surface area contributed by atoms with Gasteiger partial charge in [-0.3, -0.25) is 0 Å². The van der Waals surface area contributed by atoms with Gasteiger partial charge in [0.2, 0.25) is 6.17 Å². The van der Waals surface area contributed by atoms with Gasteiger partial charge >= 0.3 is 18.0 Å². The summed E-state index contributed by atoms with van der Waals surface area (Å²) in [5, 5.41) is 0. The van der Waals surface area contributed by atoms with Gasteiger partial charge in [0.1, 0.15) is 3.58 Å². The molecule has 0 saturated carbocycles. The first-order chi connectivity index (χ1) is 8.43. The van der Waals surface area contributed by atoms with Crippen LogP contribution in [0.25, 0.3) is 0 Å². The van der Waals surface area contributed by atoms with Crippen LogP contribution in [0.4, 0.5) is 35.1 Å². The molecule has 11 heteroatoms. The summed E-state index contributed by atoms with van der Waals surface area (Å²) in [4.78, 5) is 10.4. The van der Waals surface area contributed by atoms with Crippen molar-refractivity contribution in [3.05, 3.63) is 21.1 Å². The Labute approximate surface area is 113 Å². The molecule has 0 aromatic carbocycles. The summed E-state index contributed by atoms with van der Waals surface area (Å²) in [6.07, 6.45) is -9.47. The van der Waals surface area contributed by atoms with Crippen molar-refractivity contribution in [2.45, 2.75) is 18.2 Å². The largest absolute Gasteiger partial charge is 0.491 e. The smallest absolute Gasteiger partial charge is 0.413 e. The molecule has 2 nitrogen and oxygen atoms in total. The van der Waals surface area contributed by atoms with Gasteiger partial charge in [-0.1, -0.05) is 0 Å². The number of ether oxygens (including phenoxy) is 1.